The largest absolute Gasteiger partial charge is 0.379 e. The Kier molecular flexibility index (Phi) is 7.55. The SMILES string of the molecule is Cc1ccc(C(=O)NCCNC(=O)NCC(C)(C)N2CCOCC2)cc1F. The minimum atomic E-state index is -0.414. The summed E-state index contributed by atoms with van der Waals surface area (Å²) in [5.74, 6) is -0.785. The lowest BCUT2D eigenvalue weighted by atomic mass is 10.0. The number of rotatable bonds is 7. The normalized spacial score (nSPS) is 15.3. The molecular weight excluding hydrogens is 351 g/mol. The molecule has 0 radical (unpaired) electrons. The van der Waals surface area contributed by atoms with Gasteiger partial charge < -0.3 is 20.7 Å². The Labute approximate surface area is 159 Å². The molecule has 3 amide bonds. The summed E-state index contributed by atoms with van der Waals surface area (Å²) in [5.41, 5.74) is 0.588. The molecule has 3 N–H and O–H groups in total. The zero-order valence-electron chi connectivity index (χ0n) is 16.2. The van der Waals surface area contributed by atoms with Gasteiger partial charge in [-0.1, -0.05) is 6.07 Å². The Hall–Kier alpha value is -2.19. The number of aryl methyl sites for hydroxylation is 1. The zero-order valence-corrected chi connectivity index (χ0v) is 16.2. The maximum atomic E-state index is 13.5. The van der Waals surface area contributed by atoms with Crippen LogP contribution in [0.1, 0.15) is 29.8 Å². The van der Waals surface area contributed by atoms with E-state index in [4.69, 9.17) is 4.74 Å². The van der Waals surface area contributed by atoms with Crippen LogP contribution in [0.5, 0.6) is 0 Å². The molecule has 0 saturated carbocycles. The van der Waals surface area contributed by atoms with E-state index in [1.807, 2.05) is 0 Å². The third-order valence-electron chi connectivity index (χ3n) is 4.68. The van der Waals surface area contributed by atoms with Crippen molar-refractivity contribution in [2.75, 3.05) is 45.9 Å². The van der Waals surface area contributed by atoms with Crippen molar-refractivity contribution in [3.05, 3.63) is 35.1 Å². The number of nitrogens with zero attached hydrogens (tertiary/aromatic N) is 1. The van der Waals surface area contributed by atoms with Crippen LogP contribution in [-0.4, -0.2) is 68.3 Å². The lowest BCUT2D eigenvalue weighted by Gasteiger charge is -2.40. The van der Waals surface area contributed by atoms with E-state index in [2.05, 4.69) is 34.7 Å². The monoisotopic (exact) mass is 380 g/mol. The molecule has 0 unspecified atom stereocenters. The minimum absolute atomic E-state index is 0.162. The summed E-state index contributed by atoms with van der Waals surface area (Å²) in [6, 6.07) is 4.05. The predicted molar refractivity (Wildman–Crippen MR) is 101 cm³/mol. The summed E-state index contributed by atoms with van der Waals surface area (Å²) < 4.78 is 18.8. The van der Waals surface area contributed by atoms with Gasteiger partial charge in [0.25, 0.3) is 5.91 Å². The molecule has 1 aliphatic heterocycles. The number of hydrogen-bond donors (Lipinski definition) is 3. The van der Waals surface area contributed by atoms with Crippen LogP contribution in [-0.2, 0) is 4.74 Å². The molecule has 8 heteroatoms. The molecule has 7 nitrogen and oxygen atoms in total. The molecule has 0 atom stereocenters. The Morgan fingerprint density at radius 2 is 1.81 bits per heavy atom. The van der Waals surface area contributed by atoms with Crippen molar-refractivity contribution >= 4 is 11.9 Å². The number of carbonyl (C=O) groups excluding carboxylic acids is 2. The van der Waals surface area contributed by atoms with Crippen LogP contribution < -0.4 is 16.0 Å². The first-order chi connectivity index (χ1) is 12.8. The van der Waals surface area contributed by atoms with Gasteiger partial charge in [-0.2, -0.15) is 0 Å². The first-order valence-corrected chi connectivity index (χ1v) is 9.18. The van der Waals surface area contributed by atoms with Gasteiger partial charge in [0.05, 0.1) is 13.2 Å². The van der Waals surface area contributed by atoms with Crippen LogP contribution in [0.4, 0.5) is 9.18 Å². The number of ether oxygens (including phenoxy) is 1. The summed E-state index contributed by atoms with van der Waals surface area (Å²) in [5, 5.41) is 8.22. The van der Waals surface area contributed by atoms with Crippen molar-refractivity contribution in [1.29, 1.82) is 0 Å². The molecular formula is C19H29FN4O3. The molecule has 1 fully saturated rings. The first-order valence-electron chi connectivity index (χ1n) is 9.18. The highest BCUT2D eigenvalue weighted by Gasteiger charge is 2.28. The molecule has 0 spiro atoms. The molecule has 0 aliphatic carbocycles. The van der Waals surface area contributed by atoms with Crippen molar-refractivity contribution in [3.8, 4) is 0 Å². The maximum Gasteiger partial charge on any atom is 0.314 e. The van der Waals surface area contributed by atoms with Gasteiger partial charge in [0.2, 0.25) is 0 Å². The van der Waals surface area contributed by atoms with Gasteiger partial charge in [-0.15, -0.1) is 0 Å². The summed E-state index contributed by atoms with van der Waals surface area (Å²) in [7, 11) is 0. The lowest BCUT2D eigenvalue weighted by molar-refractivity contribution is -0.00874. The quantitative estimate of drug-likeness (QED) is 0.622. The van der Waals surface area contributed by atoms with Crippen molar-refractivity contribution < 1.29 is 18.7 Å². The maximum absolute atomic E-state index is 13.5. The summed E-state index contributed by atoms with van der Waals surface area (Å²) in [4.78, 5) is 26.2. The third-order valence-corrected chi connectivity index (χ3v) is 4.68. The van der Waals surface area contributed by atoms with Gasteiger partial charge in [0, 0.05) is 43.8 Å². The van der Waals surface area contributed by atoms with Crippen molar-refractivity contribution in [2.24, 2.45) is 0 Å². The van der Waals surface area contributed by atoms with Crippen LogP contribution in [0.25, 0.3) is 0 Å². The molecule has 1 saturated heterocycles. The Bertz CT molecular complexity index is 660. The Balaban J connectivity index is 1.65. The van der Waals surface area contributed by atoms with Crippen LogP contribution >= 0.6 is 0 Å². The van der Waals surface area contributed by atoms with E-state index in [0.29, 0.717) is 25.3 Å². The lowest BCUT2D eigenvalue weighted by Crippen LogP contribution is -2.56. The summed E-state index contributed by atoms with van der Waals surface area (Å²) in [6.07, 6.45) is 0. The van der Waals surface area contributed by atoms with Crippen molar-refractivity contribution in [2.45, 2.75) is 26.3 Å². The van der Waals surface area contributed by atoms with E-state index in [1.165, 1.54) is 6.07 Å². The van der Waals surface area contributed by atoms with Crippen LogP contribution in [0.3, 0.4) is 0 Å². The van der Waals surface area contributed by atoms with Gasteiger partial charge in [0.15, 0.2) is 0 Å². The number of nitrogens with one attached hydrogen (secondary N) is 3. The fourth-order valence-electron chi connectivity index (χ4n) is 2.83. The molecule has 1 heterocycles. The molecule has 150 valence electrons. The van der Waals surface area contributed by atoms with Crippen LogP contribution in [0.15, 0.2) is 18.2 Å². The molecule has 1 aromatic rings. The predicted octanol–water partition coefficient (Wildman–Crippen LogP) is 1.27. The average Bonchev–Trinajstić information content (AvgIpc) is 2.66. The second-order valence-corrected chi connectivity index (χ2v) is 7.24. The highest BCUT2D eigenvalue weighted by Crippen LogP contribution is 2.15. The molecule has 27 heavy (non-hydrogen) atoms. The number of benzene rings is 1. The number of urea groups is 1. The molecule has 0 bridgehead atoms. The van der Waals surface area contributed by atoms with Gasteiger partial charge in [0.1, 0.15) is 5.82 Å². The highest BCUT2D eigenvalue weighted by atomic mass is 19.1. The van der Waals surface area contributed by atoms with Crippen LogP contribution in [0, 0.1) is 12.7 Å². The van der Waals surface area contributed by atoms with E-state index in [1.54, 1.807) is 19.1 Å². The number of halogens is 1. The molecule has 2 rings (SSSR count). The van der Waals surface area contributed by atoms with E-state index in [-0.39, 0.29) is 36.1 Å². The van der Waals surface area contributed by atoms with Gasteiger partial charge in [-0.25, -0.2) is 9.18 Å². The van der Waals surface area contributed by atoms with E-state index < -0.39 is 5.82 Å². The highest BCUT2D eigenvalue weighted by molar-refractivity contribution is 5.94. The third kappa shape index (κ3) is 6.48. The van der Waals surface area contributed by atoms with Gasteiger partial charge >= 0.3 is 6.03 Å². The second kappa shape index (κ2) is 9.66. The summed E-state index contributed by atoms with van der Waals surface area (Å²) >= 11 is 0. The van der Waals surface area contributed by atoms with Gasteiger partial charge in [-0.05, 0) is 38.5 Å². The van der Waals surface area contributed by atoms with Crippen LogP contribution in [0.2, 0.25) is 0 Å². The number of amides is 3. The number of carbonyl (C=O) groups is 2. The Morgan fingerprint density at radius 3 is 2.48 bits per heavy atom. The molecule has 0 aromatic heterocycles. The minimum Gasteiger partial charge on any atom is -0.379 e. The first kappa shape index (κ1) is 21.1. The summed E-state index contributed by atoms with van der Waals surface area (Å²) in [6.45, 7) is 9.97. The number of hydrogen-bond acceptors (Lipinski definition) is 4. The average molecular weight is 380 g/mol. The topological polar surface area (TPSA) is 82.7 Å². The van der Waals surface area contributed by atoms with E-state index in [0.717, 1.165) is 13.1 Å². The van der Waals surface area contributed by atoms with E-state index in [9.17, 15) is 14.0 Å². The standard InChI is InChI=1S/C19H29FN4O3/c1-14-4-5-15(12-16(14)20)17(25)21-6-7-22-18(26)23-13-19(2,3)24-8-10-27-11-9-24/h4-5,12H,6-11,13H2,1-3H3,(H,21,25)(H2,22,23,26). The molecule has 1 aliphatic rings. The van der Waals surface area contributed by atoms with E-state index >= 15 is 0 Å². The fraction of sp³-hybridized carbons (Fsp3) is 0.579. The zero-order chi connectivity index (χ0) is 19.9. The second-order valence-electron chi connectivity index (χ2n) is 7.24. The number of morpholine rings is 1. The smallest absolute Gasteiger partial charge is 0.314 e. The van der Waals surface area contributed by atoms with Crippen molar-refractivity contribution in [1.82, 2.24) is 20.9 Å². The Morgan fingerprint density at radius 1 is 1.15 bits per heavy atom. The van der Waals surface area contributed by atoms with Crippen molar-refractivity contribution in [3.63, 3.8) is 0 Å². The molecule has 1 aromatic carbocycles. The fourth-order valence-corrected chi connectivity index (χ4v) is 2.83. The van der Waals surface area contributed by atoms with Gasteiger partial charge in [-0.3, -0.25) is 9.69 Å².